The van der Waals surface area contributed by atoms with E-state index in [2.05, 4.69) is 30.4 Å². The molecule has 6 heteroatoms. The van der Waals surface area contributed by atoms with Gasteiger partial charge >= 0.3 is 0 Å². The molecular weight excluding hydrogens is 424 g/mol. The maximum absolute atomic E-state index is 12.9. The summed E-state index contributed by atoms with van der Waals surface area (Å²) >= 11 is 0. The molecule has 0 aliphatic heterocycles. The number of nitrogens with zero attached hydrogens (tertiary/aromatic N) is 3. The number of carbonyl (C=O) groups excluding carboxylic acids is 1. The first-order valence-corrected chi connectivity index (χ1v) is 11.5. The number of aromatic nitrogens is 3. The van der Waals surface area contributed by atoms with Crippen LogP contribution in [-0.4, -0.2) is 27.5 Å². The minimum Gasteiger partial charge on any atom is -0.494 e. The molecule has 1 heterocycles. The Balaban J connectivity index is 1.39. The molecule has 0 saturated heterocycles. The van der Waals surface area contributed by atoms with Crippen LogP contribution >= 0.6 is 0 Å². The van der Waals surface area contributed by atoms with Crippen LogP contribution in [0, 0.1) is 6.92 Å². The Labute approximate surface area is 198 Å². The molecule has 5 aromatic rings. The predicted molar refractivity (Wildman–Crippen MR) is 136 cm³/mol. The fourth-order valence-corrected chi connectivity index (χ4v) is 3.92. The Bertz CT molecular complexity index is 1470. The third-order valence-electron chi connectivity index (χ3n) is 5.84. The lowest BCUT2D eigenvalue weighted by Gasteiger charge is -2.09. The molecule has 0 fully saturated rings. The number of unbranched alkanes of at least 4 members (excludes halogenated alkanes) is 1. The number of benzene rings is 4. The van der Waals surface area contributed by atoms with Crippen LogP contribution in [0.5, 0.6) is 5.75 Å². The van der Waals surface area contributed by atoms with Gasteiger partial charge in [0.05, 0.1) is 12.3 Å². The summed E-state index contributed by atoms with van der Waals surface area (Å²) in [5.74, 6) is 0.594. The van der Waals surface area contributed by atoms with E-state index in [0.717, 1.165) is 46.1 Å². The summed E-state index contributed by atoms with van der Waals surface area (Å²) in [5, 5.41) is 14.6. The van der Waals surface area contributed by atoms with Crippen molar-refractivity contribution in [1.82, 2.24) is 15.0 Å². The number of nitrogens with one attached hydrogen (secondary N) is 1. The van der Waals surface area contributed by atoms with Gasteiger partial charge in [-0.1, -0.05) is 49.7 Å². The van der Waals surface area contributed by atoms with Gasteiger partial charge in [-0.3, -0.25) is 4.79 Å². The highest BCUT2D eigenvalue weighted by atomic mass is 16.5. The van der Waals surface area contributed by atoms with Crippen LogP contribution in [0.15, 0.2) is 78.9 Å². The van der Waals surface area contributed by atoms with Gasteiger partial charge < -0.3 is 10.1 Å². The largest absolute Gasteiger partial charge is 0.494 e. The highest BCUT2D eigenvalue weighted by molar-refractivity contribution is 6.05. The van der Waals surface area contributed by atoms with E-state index in [1.165, 1.54) is 0 Å². The maximum Gasteiger partial charge on any atom is 0.255 e. The van der Waals surface area contributed by atoms with E-state index in [1.54, 1.807) is 16.9 Å². The fourth-order valence-electron chi connectivity index (χ4n) is 3.92. The lowest BCUT2D eigenvalue weighted by atomic mass is 10.1. The van der Waals surface area contributed by atoms with Gasteiger partial charge in [-0.2, -0.15) is 0 Å². The van der Waals surface area contributed by atoms with Crippen molar-refractivity contribution in [2.75, 3.05) is 11.9 Å². The van der Waals surface area contributed by atoms with E-state index in [9.17, 15) is 4.79 Å². The van der Waals surface area contributed by atoms with Crippen molar-refractivity contribution in [2.45, 2.75) is 26.7 Å². The predicted octanol–water partition coefficient (Wildman–Crippen LogP) is 6.31. The number of ether oxygens (including phenoxy) is 1. The first kappa shape index (κ1) is 21.6. The SMILES string of the molecule is CCCCOc1ccc(C(=O)Nc2cc3nn(-c4cccc5ccccc45)nc3cc2C)cc1. The molecule has 0 spiro atoms. The second-order valence-corrected chi connectivity index (χ2v) is 8.32. The maximum atomic E-state index is 12.9. The molecule has 0 radical (unpaired) electrons. The quantitative estimate of drug-likeness (QED) is 0.295. The van der Waals surface area contributed by atoms with Crippen molar-refractivity contribution < 1.29 is 9.53 Å². The number of rotatable bonds is 7. The molecule has 0 saturated carbocycles. The van der Waals surface area contributed by atoms with Crippen molar-refractivity contribution in [2.24, 2.45) is 0 Å². The van der Waals surface area contributed by atoms with Gasteiger partial charge in [0.15, 0.2) is 0 Å². The van der Waals surface area contributed by atoms with Crippen LogP contribution in [0.2, 0.25) is 0 Å². The minimum atomic E-state index is -0.177. The van der Waals surface area contributed by atoms with Crippen molar-refractivity contribution in [1.29, 1.82) is 0 Å². The van der Waals surface area contributed by atoms with Crippen molar-refractivity contribution in [3.8, 4) is 11.4 Å². The van der Waals surface area contributed by atoms with E-state index < -0.39 is 0 Å². The highest BCUT2D eigenvalue weighted by Gasteiger charge is 2.13. The van der Waals surface area contributed by atoms with Gasteiger partial charge in [-0.05, 0) is 66.8 Å². The Morgan fingerprint density at radius 1 is 0.941 bits per heavy atom. The summed E-state index contributed by atoms with van der Waals surface area (Å²) in [5.41, 5.74) is 4.61. The second-order valence-electron chi connectivity index (χ2n) is 8.32. The second kappa shape index (κ2) is 9.35. The van der Waals surface area contributed by atoms with Crippen molar-refractivity contribution in [3.63, 3.8) is 0 Å². The smallest absolute Gasteiger partial charge is 0.255 e. The monoisotopic (exact) mass is 450 g/mol. The summed E-state index contributed by atoms with van der Waals surface area (Å²) in [6.45, 7) is 4.76. The zero-order valence-electron chi connectivity index (χ0n) is 19.3. The lowest BCUT2D eigenvalue weighted by molar-refractivity contribution is 0.102. The zero-order chi connectivity index (χ0) is 23.5. The van der Waals surface area contributed by atoms with Crippen molar-refractivity contribution in [3.05, 3.63) is 90.0 Å². The van der Waals surface area contributed by atoms with Crippen LogP contribution in [0.25, 0.3) is 27.5 Å². The van der Waals surface area contributed by atoms with Crippen molar-refractivity contribution >= 4 is 33.4 Å². The van der Waals surface area contributed by atoms with E-state index in [1.807, 2.05) is 55.5 Å². The molecule has 6 nitrogen and oxygen atoms in total. The van der Waals surface area contributed by atoms with Gasteiger partial charge in [0.2, 0.25) is 0 Å². The number of carbonyl (C=O) groups is 1. The van der Waals surface area contributed by atoms with Crippen LogP contribution in [0.4, 0.5) is 5.69 Å². The van der Waals surface area contributed by atoms with Gasteiger partial charge in [0.25, 0.3) is 5.91 Å². The zero-order valence-corrected chi connectivity index (χ0v) is 19.3. The third kappa shape index (κ3) is 4.35. The standard InChI is InChI=1S/C28H26N4O2/c1-3-4-16-34-22-14-12-21(13-15-22)28(33)29-24-18-26-25(17-19(24)2)30-32(31-26)27-11-7-9-20-8-5-6-10-23(20)27/h5-15,17-18H,3-4,16H2,1-2H3,(H,29,33). The first-order valence-electron chi connectivity index (χ1n) is 11.5. The molecule has 5 rings (SSSR count). The number of anilines is 1. The first-order chi connectivity index (χ1) is 16.6. The van der Waals surface area contributed by atoms with Crippen LogP contribution in [0.3, 0.4) is 0 Å². The molecule has 4 aromatic carbocycles. The van der Waals surface area contributed by atoms with E-state index in [0.29, 0.717) is 23.4 Å². The number of hydrogen-bond donors (Lipinski definition) is 1. The van der Waals surface area contributed by atoms with E-state index >= 15 is 0 Å². The highest BCUT2D eigenvalue weighted by Crippen LogP contribution is 2.25. The summed E-state index contributed by atoms with van der Waals surface area (Å²) in [6.07, 6.45) is 2.09. The van der Waals surface area contributed by atoms with Gasteiger partial charge in [-0.25, -0.2) is 0 Å². The summed E-state index contributed by atoms with van der Waals surface area (Å²) in [6, 6.07) is 25.3. The molecule has 1 aromatic heterocycles. The Morgan fingerprint density at radius 2 is 1.68 bits per heavy atom. The summed E-state index contributed by atoms with van der Waals surface area (Å²) < 4.78 is 5.68. The Kier molecular flexibility index (Phi) is 5.95. The van der Waals surface area contributed by atoms with E-state index in [4.69, 9.17) is 14.9 Å². The van der Waals surface area contributed by atoms with Crippen LogP contribution in [-0.2, 0) is 0 Å². The van der Waals surface area contributed by atoms with Crippen LogP contribution in [0.1, 0.15) is 35.7 Å². The Morgan fingerprint density at radius 3 is 2.47 bits per heavy atom. The normalized spacial score (nSPS) is 11.1. The third-order valence-corrected chi connectivity index (χ3v) is 5.84. The van der Waals surface area contributed by atoms with Gasteiger partial charge in [0.1, 0.15) is 16.8 Å². The molecule has 1 amide bonds. The molecule has 34 heavy (non-hydrogen) atoms. The molecule has 0 atom stereocenters. The average Bonchev–Trinajstić information content (AvgIpc) is 3.27. The lowest BCUT2D eigenvalue weighted by Crippen LogP contribution is -2.12. The Hall–Kier alpha value is -4.19. The average molecular weight is 451 g/mol. The summed E-state index contributed by atoms with van der Waals surface area (Å²) in [4.78, 5) is 14.5. The molecule has 0 aliphatic rings. The van der Waals surface area contributed by atoms with Gasteiger partial charge in [-0.15, -0.1) is 15.0 Å². The number of aryl methyl sites for hydroxylation is 1. The number of hydrogen-bond acceptors (Lipinski definition) is 4. The van der Waals surface area contributed by atoms with Gasteiger partial charge in [0, 0.05) is 16.6 Å². The van der Waals surface area contributed by atoms with Crippen LogP contribution < -0.4 is 10.1 Å². The summed E-state index contributed by atoms with van der Waals surface area (Å²) in [7, 11) is 0. The van der Waals surface area contributed by atoms with E-state index in [-0.39, 0.29) is 5.91 Å². The number of fused-ring (bicyclic) bond motifs is 2. The molecule has 0 unspecified atom stereocenters. The molecular formula is C28H26N4O2. The number of amides is 1. The molecule has 0 bridgehead atoms. The minimum absolute atomic E-state index is 0.177. The molecule has 1 N–H and O–H groups in total. The molecule has 0 aliphatic carbocycles. The molecule has 170 valence electrons. The fraction of sp³-hybridized carbons (Fsp3) is 0.179. The topological polar surface area (TPSA) is 69.0 Å².